The number of hydrogen-bond acceptors (Lipinski definition) is 5. The zero-order valence-corrected chi connectivity index (χ0v) is 16.4. The SMILES string of the molecule is CCOC(=O)CC(=O)c1nn(C(C)(C)C)c2c1C(C(C)(C)C)=NCC2. The van der Waals surface area contributed by atoms with Crippen LogP contribution < -0.4 is 0 Å². The Kier molecular flexibility index (Phi) is 5.21. The van der Waals surface area contributed by atoms with Crippen LogP contribution in [0.15, 0.2) is 4.99 Å². The lowest BCUT2D eigenvalue weighted by Crippen LogP contribution is -2.30. The van der Waals surface area contributed by atoms with Crippen molar-refractivity contribution in [2.75, 3.05) is 13.2 Å². The first-order valence-electron chi connectivity index (χ1n) is 8.83. The third-order valence-corrected chi connectivity index (χ3v) is 4.06. The summed E-state index contributed by atoms with van der Waals surface area (Å²) in [5.41, 5.74) is 2.60. The number of nitrogens with zero attached hydrogens (tertiary/aromatic N) is 3. The first kappa shape index (κ1) is 19.3. The Morgan fingerprint density at radius 1 is 1.16 bits per heavy atom. The molecule has 6 nitrogen and oxygen atoms in total. The molecule has 0 amide bonds. The monoisotopic (exact) mass is 347 g/mol. The predicted molar refractivity (Wildman–Crippen MR) is 97.4 cm³/mol. The second kappa shape index (κ2) is 6.73. The molecular formula is C19H29N3O3. The van der Waals surface area contributed by atoms with Crippen molar-refractivity contribution < 1.29 is 14.3 Å². The van der Waals surface area contributed by atoms with Crippen LogP contribution in [0.4, 0.5) is 0 Å². The number of esters is 1. The normalized spacial score (nSPS) is 14.8. The Morgan fingerprint density at radius 2 is 1.80 bits per heavy atom. The average Bonchev–Trinajstić information content (AvgIpc) is 2.85. The summed E-state index contributed by atoms with van der Waals surface area (Å²) in [6, 6.07) is 0. The van der Waals surface area contributed by atoms with Gasteiger partial charge in [0.1, 0.15) is 12.1 Å². The number of ketones is 1. The van der Waals surface area contributed by atoms with Crippen molar-refractivity contribution in [1.29, 1.82) is 0 Å². The highest BCUT2D eigenvalue weighted by molar-refractivity contribution is 6.15. The van der Waals surface area contributed by atoms with Gasteiger partial charge in [0.25, 0.3) is 0 Å². The van der Waals surface area contributed by atoms with Gasteiger partial charge in [-0.3, -0.25) is 19.3 Å². The van der Waals surface area contributed by atoms with E-state index in [2.05, 4.69) is 46.6 Å². The second-order valence-corrected chi connectivity index (χ2v) is 8.39. The summed E-state index contributed by atoms with van der Waals surface area (Å²) in [6.07, 6.45) is 0.449. The van der Waals surface area contributed by atoms with Crippen LogP contribution in [0.2, 0.25) is 0 Å². The van der Waals surface area contributed by atoms with Crippen LogP contribution in [0.1, 0.15) is 76.6 Å². The average molecular weight is 347 g/mol. The molecule has 0 radical (unpaired) electrons. The Hall–Kier alpha value is -1.98. The highest BCUT2D eigenvalue weighted by Gasteiger charge is 2.36. The minimum Gasteiger partial charge on any atom is -0.466 e. The highest BCUT2D eigenvalue weighted by atomic mass is 16.5. The third kappa shape index (κ3) is 3.99. The van der Waals surface area contributed by atoms with Crippen molar-refractivity contribution in [2.45, 2.75) is 66.8 Å². The molecule has 0 saturated heterocycles. The molecule has 0 N–H and O–H groups in total. The third-order valence-electron chi connectivity index (χ3n) is 4.06. The molecule has 1 aliphatic rings. The molecule has 0 aliphatic carbocycles. The van der Waals surface area contributed by atoms with Crippen molar-refractivity contribution >= 4 is 17.5 Å². The van der Waals surface area contributed by atoms with Crippen LogP contribution in [0.5, 0.6) is 0 Å². The number of ether oxygens (including phenoxy) is 1. The van der Waals surface area contributed by atoms with Crippen molar-refractivity contribution in [3.05, 3.63) is 17.0 Å². The second-order valence-electron chi connectivity index (χ2n) is 8.39. The molecule has 2 rings (SSSR count). The number of aliphatic imine (C=N–C) groups is 1. The molecule has 0 aromatic carbocycles. The molecule has 6 heteroatoms. The van der Waals surface area contributed by atoms with Gasteiger partial charge < -0.3 is 4.74 Å². The Bertz CT molecular complexity index is 715. The smallest absolute Gasteiger partial charge is 0.313 e. The molecular weight excluding hydrogens is 318 g/mol. The number of fused-ring (bicyclic) bond motifs is 1. The molecule has 0 atom stereocenters. The van der Waals surface area contributed by atoms with Gasteiger partial charge in [-0.2, -0.15) is 5.10 Å². The fraction of sp³-hybridized carbons (Fsp3) is 0.684. The number of rotatable bonds is 4. The van der Waals surface area contributed by atoms with Gasteiger partial charge in [0.15, 0.2) is 5.78 Å². The van der Waals surface area contributed by atoms with Crippen LogP contribution in [-0.2, 0) is 21.5 Å². The molecule has 1 aliphatic heterocycles. The molecule has 2 heterocycles. The van der Waals surface area contributed by atoms with Gasteiger partial charge in [-0.25, -0.2) is 0 Å². The van der Waals surface area contributed by atoms with Gasteiger partial charge in [-0.05, 0) is 27.7 Å². The molecule has 0 fully saturated rings. The number of aromatic nitrogens is 2. The van der Waals surface area contributed by atoms with Crippen LogP contribution in [0.3, 0.4) is 0 Å². The number of carbonyl (C=O) groups excluding carboxylic acids is 2. The molecule has 1 aromatic heterocycles. The molecule has 0 unspecified atom stereocenters. The maximum Gasteiger partial charge on any atom is 0.313 e. The summed E-state index contributed by atoms with van der Waals surface area (Å²) in [7, 11) is 0. The number of Topliss-reactive ketones (excluding diaryl/α,β-unsaturated/α-hetero) is 1. The lowest BCUT2D eigenvalue weighted by Gasteiger charge is -2.28. The largest absolute Gasteiger partial charge is 0.466 e. The minimum absolute atomic E-state index is 0.208. The van der Waals surface area contributed by atoms with E-state index in [0.29, 0.717) is 12.2 Å². The summed E-state index contributed by atoms with van der Waals surface area (Å²) in [6.45, 7) is 15.1. The maximum atomic E-state index is 12.8. The maximum absolute atomic E-state index is 12.8. The molecule has 138 valence electrons. The van der Waals surface area contributed by atoms with E-state index < -0.39 is 5.97 Å². The van der Waals surface area contributed by atoms with E-state index >= 15 is 0 Å². The van der Waals surface area contributed by atoms with Crippen molar-refractivity contribution in [2.24, 2.45) is 10.4 Å². The molecule has 1 aromatic rings. The van der Waals surface area contributed by atoms with Crippen LogP contribution in [-0.4, -0.2) is 40.4 Å². The summed E-state index contributed by atoms with van der Waals surface area (Å²) in [5, 5.41) is 4.62. The van der Waals surface area contributed by atoms with Gasteiger partial charge in [0.2, 0.25) is 0 Å². The molecule has 25 heavy (non-hydrogen) atoms. The Balaban J connectivity index is 2.58. The quantitative estimate of drug-likeness (QED) is 0.476. The van der Waals surface area contributed by atoms with E-state index in [9.17, 15) is 9.59 Å². The van der Waals surface area contributed by atoms with Crippen LogP contribution >= 0.6 is 0 Å². The fourth-order valence-electron chi connectivity index (χ4n) is 3.07. The van der Waals surface area contributed by atoms with E-state index in [1.54, 1.807) is 6.92 Å². The van der Waals surface area contributed by atoms with Crippen molar-refractivity contribution in [3.8, 4) is 0 Å². The Morgan fingerprint density at radius 3 is 2.32 bits per heavy atom. The lowest BCUT2D eigenvalue weighted by molar-refractivity contribution is -0.141. The van der Waals surface area contributed by atoms with Crippen LogP contribution in [0.25, 0.3) is 0 Å². The van der Waals surface area contributed by atoms with E-state index in [0.717, 1.165) is 23.4 Å². The highest BCUT2D eigenvalue weighted by Crippen LogP contribution is 2.33. The minimum atomic E-state index is -0.517. The van der Waals surface area contributed by atoms with E-state index in [1.807, 2.05) is 4.68 Å². The fourth-order valence-corrected chi connectivity index (χ4v) is 3.07. The van der Waals surface area contributed by atoms with Gasteiger partial charge in [-0.15, -0.1) is 0 Å². The van der Waals surface area contributed by atoms with Gasteiger partial charge >= 0.3 is 5.97 Å². The van der Waals surface area contributed by atoms with Crippen LogP contribution in [0, 0.1) is 5.41 Å². The summed E-state index contributed by atoms with van der Waals surface area (Å²) >= 11 is 0. The Labute approximate surface area is 149 Å². The number of carbonyl (C=O) groups is 2. The molecule has 0 bridgehead atoms. The lowest BCUT2D eigenvalue weighted by atomic mass is 9.82. The summed E-state index contributed by atoms with van der Waals surface area (Å²) in [4.78, 5) is 29.2. The van der Waals surface area contributed by atoms with Gasteiger partial charge in [-0.1, -0.05) is 20.8 Å². The van der Waals surface area contributed by atoms with E-state index in [1.165, 1.54) is 0 Å². The van der Waals surface area contributed by atoms with Gasteiger partial charge in [0.05, 0.1) is 23.6 Å². The predicted octanol–water partition coefficient (Wildman–Crippen LogP) is 3.17. The van der Waals surface area contributed by atoms with Gasteiger partial charge in [0, 0.05) is 23.9 Å². The topological polar surface area (TPSA) is 73.6 Å². The van der Waals surface area contributed by atoms with E-state index in [-0.39, 0.29) is 29.8 Å². The summed E-state index contributed by atoms with van der Waals surface area (Å²) < 4.78 is 6.84. The van der Waals surface area contributed by atoms with Crippen molar-refractivity contribution in [1.82, 2.24) is 9.78 Å². The summed E-state index contributed by atoms with van der Waals surface area (Å²) in [5.74, 6) is -0.826. The zero-order chi connectivity index (χ0) is 19.0. The number of hydrogen-bond donors (Lipinski definition) is 0. The first-order valence-corrected chi connectivity index (χ1v) is 8.83. The first-order chi connectivity index (χ1) is 11.5. The standard InChI is InChI=1S/C19H29N3O3/c1-8-25-14(24)11-13(23)16-15-12(22(21-16)19(5,6)7)9-10-20-17(15)18(2,3)4/h8-11H2,1-7H3. The zero-order valence-electron chi connectivity index (χ0n) is 16.4. The molecule has 0 spiro atoms. The van der Waals surface area contributed by atoms with E-state index in [4.69, 9.17) is 9.73 Å². The molecule has 0 saturated carbocycles. The van der Waals surface area contributed by atoms with Crippen molar-refractivity contribution in [3.63, 3.8) is 0 Å².